The van der Waals surface area contributed by atoms with Crippen molar-refractivity contribution >= 4 is 0 Å². The molecule has 1 aromatic rings. The molecule has 3 nitrogen and oxygen atoms in total. The standard InChI is InChI=1S/C13H22N2O/c1-10-11(6-7-16-10)9-15(2)13-5-3-4-12(14)8-13/h6-7,12-13H,3-5,8-9,14H2,1-2H3. The second-order valence-corrected chi connectivity index (χ2v) is 5.00. The summed E-state index contributed by atoms with van der Waals surface area (Å²) < 4.78 is 5.32. The summed E-state index contributed by atoms with van der Waals surface area (Å²) in [6.07, 6.45) is 6.63. The lowest BCUT2D eigenvalue weighted by Crippen LogP contribution is -2.40. The zero-order valence-electron chi connectivity index (χ0n) is 10.3. The van der Waals surface area contributed by atoms with Crippen LogP contribution in [0.3, 0.4) is 0 Å². The van der Waals surface area contributed by atoms with E-state index < -0.39 is 0 Å². The molecule has 2 rings (SSSR count). The number of hydrogen-bond donors (Lipinski definition) is 1. The van der Waals surface area contributed by atoms with Crippen LogP contribution >= 0.6 is 0 Å². The molecule has 0 aromatic carbocycles. The quantitative estimate of drug-likeness (QED) is 0.853. The predicted octanol–water partition coefficient (Wildman–Crippen LogP) is 2.29. The average Bonchev–Trinajstić information content (AvgIpc) is 2.64. The van der Waals surface area contributed by atoms with E-state index in [2.05, 4.69) is 18.0 Å². The predicted molar refractivity (Wildman–Crippen MR) is 65.1 cm³/mol. The number of aryl methyl sites for hydroxylation is 1. The first kappa shape index (κ1) is 11.7. The third-order valence-corrected chi connectivity index (χ3v) is 3.70. The lowest BCUT2D eigenvalue weighted by atomic mass is 9.90. The Morgan fingerprint density at radius 3 is 2.94 bits per heavy atom. The van der Waals surface area contributed by atoms with Gasteiger partial charge in [-0.15, -0.1) is 0 Å². The van der Waals surface area contributed by atoms with Crippen LogP contribution in [0.4, 0.5) is 0 Å². The monoisotopic (exact) mass is 222 g/mol. The minimum atomic E-state index is 0.395. The van der Waals surface area contributed by atoms with E-state index in [1.54, 1.807) is 6.26 Å². The van der Waals surface area contributed by atoms with Gasteiger partial charge in [-0.25, -0.2) is 0 Å². The molecule has 2 atom stereocenters. The maximum absolute atomic E-state index is 6.02. The summed E-state index contributed by atoms with van der Waals surface area (Å²) in [4.78, 5) is 2.41. The van der Waals surface area contributed by atoms with Crippen LogP contribution in [0.15, 0.2) is 16.7 Å². The first-order chi connectivity index (χ1) is 7.66. The molecule has 0 radical (unpaired) electrons. The van der Waals surface area contributed by atoms with Gasteiger partial charge in [-0.05, 0) is 39.3 Å². The minimum absolute atomic E-state index is 0.395. The van der Waals surface area contributed by atoms with Crippen molar-refractivity contribution in [3.63, 3.8) is 0 Å². The van der Waals surface area contributed by atoms with Gasteiger partial charge < -0.3 is 10.2 Å². The number of rotatable bonds is 3. The molecule has 1 fully saturated rings. The van der Waals surface area contributed by atoms with Gasteiger partial charge in [-0.2, -0.15) is 0 Å². The Kier molecular flexibility index (Phi) is 3.66. The summed E-state index contributed by atoms with van der Waals surface area (Å²) in [7, 11) is 2.19. The molecule has 0 spiro atoms. The molecule has 3 heteroatoms. The summed E-state index contributed by atoms with van der Waals surface area (Å²) in [6.45, 7) is 3.00. The van der Waals surface area contributed by atoms with E-state index in [9.17, 15) is 0 Å². The third kappa shape index (κ3) is 2.66. The number of hydrogen-bond acceptors (Lipinski definition) is 3. The Bertz CT molecular complexity index is 334. The molecular weight excluding hydrogens is 200 g/mol. The zero-order chi connectivity index (χ0) is 11.5. The molecule has 1 aliphatic carbocycles. The smallest absolute Gasteiger partial charge is 0.105 e. The van der Waals surface area contributed by atoms with Gasteiger partial charge in [0, 0.05) is 24.2 Å². The van der Waals surface area contributed by atoms with E-state index in [0.717, 1.165) is 18.7 Å². The summed E-state index contributed by atoms with van der Waals surface area (Å²) in [6, 6.07) is 3.10. The van der Waals surface area contributed by atoms with Crippen LogP contribution in [0.2, 0.25) is 0 Å². The van der Waals surface area contributed by atoms with Crippen molar-refractivity contribution in [2.45, 2.75) is 51.2 Å². The average molecular weight is 222 g/mol. The van der Waals surface area contributed by atoms with Gasteiger partial charge in [0.25, 0.3) is 0 Å². The van der Waals surface area contributed by atoms with Crippen LogP contribution in [0.25, 0.3) is 0 Å². The van der Waals surface area contributed by atoms with Gasteiger partial charge in [0.2, 0.25) is 0 Å². The van der Waals surface area contributed by atoms with Crippen LogP contribution in [0.5, 0.6) is 0 Å². The first-order valence-electron chi connectivity index (χ1n) is 6.15. The number of nitrogens with zero attached hydrogens (tertiary/aromatic N) is 1. The van der Waals surface area contributed by atoms with Gasteiger partial charge >= 0.3 is 0 Å². The zero-order valence-corrected chi connectivity index (χ0v) is 10.3. The molecule has 90 valence electrons. The first-order valence-corrected chi connectivity index (χ1v) is 6.15. The Morgan fingerprint density at radius 2 is 2.31 bits per heavy atom. The molecule has 0 aliphatic heterocycles. The maximum atomic E-state index is 6.02. The van der Waals surface area contributed by atoms with E-state index in [1.165, 1.54) is 24.8 Å². The van der Waals surface area contributed by atoms with E-state index in [1.807, 2.05) is 6.92 Å². The van der Waals surface area contributed by atoms with Crippen molar-refractivity contribution in [2.24, 2.45) is 5.73 Å². The summed E-state index contributed by atoms with van der Waals surface area (Å²) in [5.41, 5.74) is 7.31. The Labute approximate surface area is 97.6 Å². The third-order valence-electron chi connectivity index (χ3n) is 3.70. The molecule has 1 aromatic heterocycles. The molecule has 0 bridgehead atoms. The summed E-state index contributed by atoms with van der Waals surface area (Å²) >= 11 is 0. The van der Waals surface area contributed by atoms with E-state index in [4.69, 9.17) is 10.2 Å². The molecule has 1 aliphatic rings. The highest BCUT2D eigenvalue weighted by molar-refractivity contribution is 5.15. The van der Waals surface area contributed by atoms with Crippen LogP contribution in [0, 0.1) is 6.92 Å². The van der Waals surface area contributed by atoms with Crippen LogP contribution in [-0.2, 0) is 6.54 Å². The minimum Gasteiger partial charge on any atom is -0.469 e. The fraction of sp³-hybridized carbons (Fsp3) is 0.692. The molecular formula is C13H22N2O. The van der Waals surface area contributed by atoms with Gasteiger partial charge in [0.1, 0.15) is 5.76 Å². The van der Waals surface area contributed by atoms with Crippen LogP contribution in [-0.4, -0.2) is 24.0 Å². The maximum Gasteiger partial charge on any atom is 0.105 e. The number of furan rings is 1. The summed E-state index contributed by atoms with van der Waals surface area (Å²) in [5, 5.41) is 0. The number of nitrogens with two attached hydrogens (primary N) is 1. The van der Waals surface area contributed by atoms with Crippen molar-refractivity contribution in [2.75, 3.05) is 7.05 Å². The molecule has 1 saturated carbocycles. The Morgan fingerprint density at radius 1 is 1.50 bits per heavy atom. The van der Waals surface area contributed by atoms with Gasteiger partial charge in [0.05, 0.1) is 6.26 Å². The van der Waals surface area contributed by atoms with Crippen molar-refractivity contribution in [1.29, 1.82) is 0 Å². The van der Waals surface area contributed by atoms with E-state index in [-0.39, 0.29) is 0 Å². The highest BCUT2D eigenvalue weighted by Gasteiger charge is 2.23. The van der Waals surface area contributed by atoms with Gasteiger partial charge in [-0.1, -0.05) is 6.42 Å². The molecule has 2 unspecified atom stereocenters. The molecule has 0 saturated heterocycles. The van der Waals surface area contributed by atoms with Crippen molar-refractivity contribution < 1.29 is 4.42 Å². The van der Waals surface area contributed by atoms with E-state index in [0.29, 0.717) is 12.1 Å². The molecule has 2 N–H and O–H groups in total. The second kappa shape index (κ2) is 5.02. The normalized spacial score (nSPS) is 26.2. The van der Waals surface area contributed by atoms with E-state index >= 15 is 0 Å². The lowest BCUT2D eigenvalue weighted by molar-refractivity contribution is 0.173. The highest BCUT2D eigenvalue weighted by Crippen LogP contribution is 2.23. The van der Waals surface area contributed by atoms with Gasteiger partial charge in [-0.3, -0.25) is 4.90 Å². The molecule has 1 heterocycles. The van der Waals surface area contributed by atoms with Crippen molar-refractivity contribution in [1.82, 2.24) is 4.90 Å². The SMILES string of the molecule is Cc1occc1CN(C)C1CCCC(N)C1. The molecule has 0 amide bonds. The van der Waals surface area contributed by atoms with Crippen molar-refractivity contribution in [3.05, 3.63) is 23.7 Å². The second-order valence-electron chi connectivity index (χ2n) is 5.00. The van der Waals surface area contributed by atoms with Crippen molar-refractivity contribution in [3.8, 4) is 0 Å². The van der Waals surface area contributed by atoms with Crippen LogP contribution < -0.4 is 5.73 Å². The highest BCUT2D eigenvalue weighted by atomic mass is 16.3. The Balaban J connectivity index is 1.92. The lowest BCUT2D eigenvalue weighted by Gasteiger charge is -2.33. The fourth-order valence-electron chi connectivity index (χ4n) is 2.57. The largest absolute Gasteiger partial charge is 0.469 e. The Hall–Kier alpha value is -0.800. The summed E-state index contributed by atoms with van der Waals surface area (Å²) in [5.74, 6) is 1.03. The van der Waals surface area contributed by atoms with Gasteiger partial charge in [0.15, 0.2) is 0 Å². The fourth-order valence-corrected chi connectivity index (χ4v) is 2.57. The van der Waals surface area contributed by atoms with Crippen LogP contribution in [0.1, 0.15) is 37.0 Å². The topological polar surface area (TPSA) is 42.4 Å². The molecule has 16 heavy (non-hydrogen) atoms.